The molecule has 0 saturated carbocycles. The average Bonchev–Trinajstić information content (AvgIpc) is 4.01. The molecule has 75 heavy (non-hydrogen) atoms. The Labute approximate surface area is 435 Å². The lowest BCUT2D eigenvalue weighted by Gasteiger charge is -2.37. The molecule has 0 radical (unpaired) electrons. The molecule has 9 rings (SSSR count). The Morgan fingerprint density at radius 1 is 0.680 bits per heavy atom. The molecular weight excluding hydrogens is 943 g/mol. The highest BCUT2D eigenvalue weighted by Gasteiger charge is 2.39. The Balaban J connectivity index is 1.02. The molecule has 14 nitrogen and oxygen atoms in total. The second-order valence-electron chi connectivity index (χ2n) is 19.9. The number of amides is 4. The van der Waals surface area contributed by atoms with E-state index >= 15 is 0 Å². The number of anilines is 1. The molecule has 2 heterocycles. The predicted octanol–water partition coefficient (Wildman–Crippen LogP) is 10.1. The number of rotatable bonds is 18. The molecule has 14 heteroatoms. The van der Waals surface area contributed by atoms with Gasteiger partial charge in [-0.25, -0.2) is 14.6 Å². The van der Waals surface area contributed by atoms with Gasteiger partial charge in [0.1, 0.15) is 29.8 Å². The van der Waals surface area contributed by atoms with Crippen LogP contribution in [-0.4, -0.2) is 69.4 Å². The maximum Gasteiger partial charge on any atom is 0.407 e. The zero-order valence-electron chi connectivity index (χ0n) is 42.5. The van der Waals surface area contributed by atoms with E-state index in [9.17, 15) is 24.0 Å². The number of hydrogen-bond acceptors (Lipinski definition) is 8. The predicted molar refractivity (Wildman–Crippen MR) is 290 cm³/mol. The van der Waals surface area contributed by atoms with E-state index in [1.807, 2.05) is 115 Å². The molecule has 0 aliphatic heterocycles. The third-order valence-corrected chi connectivity index (χ3v) is 13.5. The molecule has 5 N–H and O–H groups in total. The summed E-state index contributed by atoms with van der Waals surface area (Å²) in [7, 11) is 0. The van der Waals surface area contributed by atoms with Crippen LogP contribution in [0.1, 0.15) is 85.0 Å². The lowest BCUT2D eigenvalue weighted by molar-refractivity contribution is -0.128. The number of imidazole rings is 1. The number of aromatic nitrogens is 3. The highest BCUT2D eigenvalue weighted by Crippen LogP contribution is 2.45. The molecule has 0 spiro atoms. The summed E-state index contributed by atoms with van der Waals surface area (Å²) in [4.78, 5) is 76.1. The number of aryl methyl sites for hydroxylation is 1. The molecule has 4 amide bonds. The Bertz CT molecular complexity index is 3230. The molecule has 2 atom stereocenters. The molecule has 2 aromatic heterocycles. The number of alkyl carbamates (subject to hydrolysis) is 2. The summed E-state index contributed by atoms with van der Waals surface area (Å²) in [5.41, 5.74) is 7.48. The van der Waals surface area contributed by atoms with Crippen molar-refractivity contribution in [3.05, 3.63) is 226 Å². The van der Waals surface area contributed by atoms with Crippen molar-refractivity contribution in [2.24, 2.45) is 0 Å². The first-order chi connectivity index (χ1) is 36.3. The molecule has 0 saturated heterocycles. The Hall–Kier alpha value is -8.78. The second kappa shape index (κ2) is 22.5. The molecule has 0 bridgehead atoms. The van der Waals surface area contributed by atoms with Gasteiger partial charge < -0.3 is 40.3 Å². The van der Waals surface area contributed by atoms with Crippen LogP contribution in [-0.2, 0) is 31.0 Å². The summed E-state index contributed by atoms with van der Waals surface area (Å²) < 4.78 is 13.4. The number of unbranched alkanes of at least 4 members (excludes halogenated alkanes) is 1. The number of benzene rings is 6. The van der Waals surface area contributed by atoms with E-state index in [0.717, 1.165) is 49.9 Å². The van der Waals surface area contributed by atoms with Crippen LogP contribution in [0.4, 0.5) is 15.3 Å². The minimum atomic E-state index is -1.28. The SMILES string of the molecule is Cc1cc(=O)[nH]c2cc(NC(=O)[C@H](CCCCNC(=O)OC(C)(C)C)NC(=O)[C@H](Cc3cn(C(c4ccccc4)(c4ccccc4)c4ccccc4)cn3)NC(=O)OCC3c4ccccc4-c4ccccc43)ccc12. The van der Waals surface area contributed by atoms with Gasteiger partial charge in [-0.05, 0) is 104 Å². The molecule has 382 valence electrons. The molecule has 1 aliphatic carbocycles. The number of carbonyl (C=O) groups excluding carboxylic acids is 4. The number of pyridine rings is 1. The normalized spacial score (nSPS) is 13.0. The van der Waals surface area contributed by atoms with Gasteiger partial charge >= 0.3 is 12.2 Å². The fraction of sp³-hybridized carbons (Fsp3) is 0.246. The molecule has 8 aromatic rings. The lowest BCUT2D eigenvalue weighted by atomic mass is 9.77. The number of nitrogens with one attached hydrogen (secondary N) is 5. The fourth-order valence-electron chi connectivity index (χ4n) is 10.1. The smallest absolute Gasteiger partial charge is 0.407 e. The quantitative estimate of drug-likeness (QED) is 0.0415. The first kappa shape index (κ1) is 51.1. The highest BCUT2D eigenvalue weighted by molar-refractivity contribution is 5.99. The van der Waals surface area contributed by atoms with Crippen LogP contribution >= 0.6 is 0 Å². The highest BCUT2D eigenvalue weighted by atomic mass is 16.6. The average molecular weight is 1000 g/mol. The van der Waals surface area contributed by atoms with Gasteiger partial charge in [-0.1, -0.05) is 146 Å². The lowest BCUT2D eigenvalue weighted by Crippen LogP contribution is -2.53. The minimum Gasteiger partial charge on any atom is -0.449 e. The van der Waals surface area contributed by atoms with Gasteiger partial charge in [-0.2, -0.15) is 0 Å². The summed E-state index contributed by atoms with van der Waals surface area (Å²) >= 11 is 0. The number of ether oxygens (including phenoxy) is 2. The maximum absolute atomic E-state index is 15.0. The first-order valence-electron chi connectivity index (χ1n) is 25.3. The first-order valence-corrected chi connectivity index (χ1v) is 25.3. The Kier molecular flexibility index (Phi) is 15.4. The van der Waals surface area contributed by atoms with Gasteiger partial charge in [-0.15, -0.1) is 0 Å². The summed E-state index contributed by atoms with van der Waals surface area (Å²) in [6.07, 6.45) is 3.20. The van der Waals surface area contributed by atoms with Crippen LogP contribution in [0.3, 0.4) is 0 Å². The molecule has 0 fully saturated rings. The topological polar surface area (TPSA) is 186 Å². The third-order valence-electron chi connectivity index (χ3n) is 13.5. The van der Waals surface area contributed by atoms with Crippen LogP contribution in [0.15, 0.2) is 181 Å². The van der Waals surface area contributed by atoms with Crippen LogP contribution in [0.2, 0.25) is 0 Å². The van der Waals surface area contributed by atoms with Crippen molar-refractivity contribution >= 4 is 40.6 Å². The van der Waals surface area contributed by atoms with Crippen molar-refractivity contribution in [3.8, 4) is 11.1 Å². The van der Waals surface area contributed by atoms with Crippen LogP contribution < -0.4 is 26.8 Å². The molecule has 1 aliphatic rings. The second-order valence-corrected chi connectivity index (χ2v) is 19.9. The zero-order chi connectivity index (χ0) is 52.5. The number of nitrogens with zero attached hydrogens (tertiary/aromatic N) is 2. The van der Waals surface area contributed by atoms with Crippen LogP contribution in [0.5, 0.6) is 0 Å². The van der Waals surface area contributed by atoms with Gasteiger partial charge in [0.05, 0.1) is 17.5 Å². The van der Waals surface area contributed by atoms with Crippen molar-refractivity contribution in [1.29, 1.82) is 0 Å². The van der Waals surface area contributed by atoms with Gasteiger partial charge in [0.2, 0.25) is 17.4 Å². The van der Waals surface area contributed by atoms with E-state index < -0.39 is 47.2 Å². The van der Waals surface area contributed by atoms with Gasteiger partial charge in [0.15, 0.2) is 0 Å². The van der Waals surface area contributed by atoms with Crippen molar-refractivity contribution in [2.75, 3.05) is 18.5 Å². The summed E-state index contributed by atoms with van der Waals surface area (Å²) in [5.74, 6) is -1.41. The largest absolute Gasteiger partial charge is 0.449 e. The number of fused-ring (bicyclic) bond motifs is 4. The van der Waals surface area contributed by atoms with Crippen LogP contribution in [0.25, 0.3) is 22.0 Å². The number of carbonyl (C=O) groups is 4. The van der Waals surface area contributed by atoms with E-state index in [1.165, 1.54) is 6.07 Å². The Morgan fingerprint density at radius 2 is 1.27 bits per heavy atom. The number of hydrogen-bond donors (Lipinski definition) is 5. The zero-order valence-corrected chi connectivity index (χ0v) is 42.5. The standard InChI is InChI=1S/C61H61N7O7/c1-40-34-55(69)65-53-35-44(31-32-46(40)53)64-56(70)52(30-18-19-33-62-58(72)75-60(2,3)4)66-57(71)54(67-59(73)74-38-51-49-28-16-14-26-47(49)48-27-15-17-29-50(48)51)36-45-37-68(39-63-45)61(41-20-8-5-9-21-41,42-22-10-6-11-23-42)43-24-12-7-13-25-43/h5-17,20-29,31-32,34-35,37,39,51-52,54H,18-19,30,33,36,38H2,1-4H3,(H,62,72)(H,64,70)(H,65,69)(H,66,71)(H,67,73)/t52-,54-/m0/s1. The third kappa shape index (κ3) is 11.7. The van der Waals surface area contributed by atoms with Gasteiger partial charge in [0, 0.05) is 42.2 Å². The van der Waals surface area contributed by atoms with E-state index in [2.05, 4.69) is 74.8 Å². The van der Waals surface area contributed by atoms with Gasteiger partial charge in [0.25, 0.3) is 0 Å². The molecular formula is C61H61N7O7. The van der Waals surface area contributed by atoms with Crippen molar-refractivity contribution in [2.45, 2.75) is 82.5 Å². The monoisotopic (exact) mass is 1000 g/mol. The minimum absolute atomic E-state index is 0.00941. The Morgan fingerprint density at radius 3 is 1.87 bits per heavy atom. The maximum atomic E-state index is 15.0. The van der Waals surface area contributed by atoms with Crippen molar-refractivity contribution in [1.82, 2.24) is 30.5 Å². The van der Waals surface area contributed by atoms with E-state index in [0.29, 0.717) is 29.7 Å². The fourth-order valence-corrected chi connectivity index (χ4v) is 10.1. The van der Waals surface area contributed by atoms with Gasteiger partial charge in [-0.3, -0.25) is 14.4 Å². The summed E-state index contributed by atoms with van der Waals surface area (Å²) in [6.45, 7) is 7.45. The molecule has 6 aromatic carbocycles. The number of aromatic amines is 1. The molecule has 0 unspecified atom stereocenters. The van der Waals surface area contributed by atoms with Crippen molar-refractivity contribution in [3.63, 3.8) is 0 Å². The van der Waals surface area contributed by atoms with Crippen molar-refractivity contribution < 1.29 is 28.7 Å². The van der Waals surface area contributed by atoms with E-state index in [1.54, 1.807) is 39.2 Å². The summed E-state index contributed by atoms with van der Waals surface area (Å²) in [5, 5.41) is 12.3. The number of H-pyrrole nitrogens is 1. The van der Waals surface area contributed by atoms with Crippen LogP contribution in [0, 0.1) is 6.92 Å². The van der Waals surface area contributed by atoms with E-state index in [4.69, 9.17) is 14.5 Å². The summed E-state index contributed by atoms with van der Waals surface area (Å²) in [6, 6.07) is 50.8. The van der Waals surface area contributed by atoms with E-state index in [-0.39, 0.29) is 37.5 Å².